The zero-order valence-electron chi connectivity index (χ0n) is 12.1. The van der Waals surface area contributed by atoms with E-state index in [-0.39, 0.29) is 17.9 Å². The van der Waals surface area contributed by atoms with Crippen LogP contribution in [-0.2, 0) is 4.79 Å². The first-order valence-corrected chi connectivity index (χ1v) is 7.91. The standard InChI is InChI=1S/C15H26N2O3/c18-14(19)13-8-4-3-7-12(13)10-17-15(20)16-9-11-5-1-2-6-11/h11-13H,1-10H2,(H,18,19)(H2,16,17,20). The molecule has 114 valence electrons. The number of carboxylic acids is 1. The van der Waals surface area contributed by atoms with E-state index >= 15 is 0 Å². The Morgan fingerprint density at radius 3 is 2.20 bits per heavy atom. The Hall–Kier alpha value is -1.26. The van der Waals surface area contributed by atoms with Gasteiger partial charge >= 0.3 is 12.0 Å². The van der Waals surface area contributed by atoms with Crippen molar-refractivity contribution in [1.29, 1.82) is 0 Å². The summed E-state index contributed by atoms with van der Waals surface area (Å²) in [5.41, 5.74) is 0. The number of carbonyl (C=O) groups excluding carboxylic acids is 1. The highest BCUT2D eigenvalue weighted by molar-refractivity contribution is 5.74. The molecule has 2 amide bonds. The number of amides is 2. The van der Waals surface area contributed by atoms with Crippen LogP contribution in [0.5, 0.6) is 0 Å². The van der Waals surface area contributed by atoms with Crippen molar-refractivity contribution in [3.05, 3.63) is 0 Å². The molecule has 2 atom stereocenters. The second-order valence-corrected chi connectivity index (χ2v) is 6.23. The lowest BCUT2D eigenvalue weighted by molar-refractivity contribution is -0.144. The fourth-order valence-corrected chi connectivity index (χ4v) is 3.51. The SMILES string of the molecule is O=C(NCC1CCCC1)NCC1CCCCC1C(=O)O. The highest BCUT2D eigenvalue weighted by Crippen LogP contribution is 2.29. The minimum Gasteiger partial charge on any atom is -0.481 e. The Balaban J connectivity index is 1.67. The van der Waals surface area contributed by atoms with E-state index in [9.17, 15) is 14.7 Å². The summed E-state index contributed by atoms with van der Waals surface area (Å²) in [7, 11) is 0. The summed E-state index contributed by atoms with van der Waals surface area (Å²) in [6.07, 6.45) is 8.67. The molecular weight excluding hydrogens is 256 g/mol. The van der Waals surface area contributed by atoms with Gasteiger partial charge in [0.05, 0.1) is 5.92 Å². The number of nitrogens with one attached hydrogen (secondary N) is 2. The number of hydrogen-bond acceptors (Lipinski definition) is 2. The van der Waals surface area contributed by atoms with Crippen LogP contribution in [0, 0.1) is 17.8 Å². The maximum Gasteiger partial charge on any atom is 0.314 e. The summed E-state index contributed by atoms with van der Waals surface area (Å²) in [6.45, 7) is 1.23. The van der Waals surface area contributed by atoms with Crippen LogP contribution in [0.3, 0.4) is 0 Å². The molecule has 2 fully saturated rings. The third-order valence-corrected chi connectivity index (χ3v) is 4.78. The van der Waals surface area contributed by atoms with Gasteiger partial charge in [0.25, 0.3) is 0 Å². The zero-order chi connectivity index (χ0) is 14.4. The first-order valence-electron chi connectivity index (χ1n) is 7.91. The molecule has 0 heterocycles. The summed E-state index contributed by atoms with van der Waals surface area (Å²) < 4.78 is 0. The van der Waals surface area contributed by atoms with Crippen molar-refractivity contribution >= 4 is 12.0 Å². The van der Waals surface area contributed by atoms with Crippen LogP contribution < -0.4 is 10.6 Å². The van der Waals surface area contributed by atoms with E-state index in [1.165, 1.54) is 25.7 Å². The first kappa shape index (κ1) is 15.1. The molecule has 0 saturated heterocycles. The Bertz CT molecular complexity index is 340. The number of hydrogen-bond donors (Lipinski definition) is 3. The summed E-state index contributed by atoms with van der Waals surface area (Å²) >= 11 is 0. The molecule has 5 nitrogen and oxygen atoms in total. The fourth-order valence-electron chi connectivity index (χ4n) is 3.51. The van der Waals surface area contributed by atoms with Gasteiger partial charge in [0, 0.05) is 13.1 Å². The average molecular weight is 282 g/mol. The number of urea groups is 1. The largest absolute Gasteiger partial charge is 0.481 e. The van der Waals surface area contributed by atoms with Gasteiger partial charge in [0.1, 0.15) is 0 Å². The lowest BCUT2D eigenvalue weighted by Crippen LogP contribution is -2.42. The third kappa shape index (κ3) is 4.39. The molecule has 2 rings (SSSR count). The predicted molar refractivity (Wildman–Crippen MR) is 76.4 cm³/mol. The van der Waals surface area contributed by atoms with Gasteiger partial charge in [-0.2, -0.15) is 0 Å². The number of carboxylic acid groups (broad SMARTS) is 1. The molecule has 0 bridgehead atoms. The smallest absolute Gasteiger partial charge is 0.314 e. The van der Waals surface area contributed by atoms with Crippen LogP contribution in [0.1, 0.15) is 51.4 Å². The van der Waals surface area contributed by atoms with E-state index in [2.05, 4.69) is 10.6 Å². The van der Waals surface area contributed by atoms with Crippen molar-refractivity contribution in [2.24, 2.45) is 17.8 Å². The fraction of sp³-hybridized carbons (Fsp3) is 0.867. The van der Waals surface area contributed by atoms with Crippen LogP contribution in [0.25, 0.3) is 0 Å². The second kappa shape index (κ2) is 7.50. The van der Waals surface area contributed by atoms with Crippen molar-refractivity contribution in [2.75, 3.05) is 13.1 Å². The maximum absolute atomic E-state index is 11.7. The van der Waals surface area contributed by atoms with Gasteiger partial charge in [-0.05, 0) is 37.5 Å². The molecule has 0 aromatic carbocycles. The van der Waals surface area contributed by atoms with Crippen LogP contribution >= 0.6 is 0 Å². The summed E-state index contributed by atoms with van der Waals surface area (Å²) in [5.74, 6) is -0.303. The Labute approximate surface area is 120 Å². The molecule has 2 aliphatic carbocycles. The van der Waals surface area contributed by atoms with Crippen molar-refractivity contribution in [3.8, 4) is 0 Å². The van der Waals surface area contributed by atoms with E-state index < -0.39 is 5.97 Å². The molecule has 0 aromatic heterocycles. The van der Waals surface area contributed by atoms with Crippen molar-refractivity contribution in [3.63, 3.8) is 0 Å². The van der Waals surface area contributed by atoms with Crippen molar-refractivity contribution < 1.29 is 14.7 Å². The average Bonchev–Trinajstić information content (AvgIpc) is 2.96. The molecular formula is C15H26N2O3. The van der Waals surface area contributed by atoms with Gasteiger partial charge in [0.2, 0.25) is 0 Å². The third-order valence-electron chi connectivity index (χ3n) is 4.78. The quantitative estimate of drug-likeness (QED) is 0.724. The summed E-state index contributed by atoms with van der Waals surface area (Å²) in [4.78, 5) is 22.9. The minimum atomic E-state index is -0.720. The van der Waals surface area contributed by atoms with Crippen LogP contribution in [0.15, 0.2) is 0 Å². The Kier molecular flexibility index (Phi) is 5.68. The number of aliphatic carboxylic acids is 1. The molecule has 2 unspecified atom stereocenters. The molecule has 0 aromatic rings. The molecule has 0 radical (unpaired) electrons. The van der Waals surface area contributed by atoms with Crippen molar-refractivity contribution in [1.82, 2.24) is 10.6 Å². The lowest BCUT2D eigenvalue weighted by atomic mass is 9.79. The zero-order valence-corrected chi connectivity index (χ0v) is 12.1. The van der Waals surface area contributed by atoms with Gasteiger partial charge in [-0.15, -0.1) is 0 Å². The molecule has 3 N–H and O–H groups in total. The molecule has 2 aliphatic rings. The maximum atomic E-state index is 11.7. The van der Waals surface area contributed by atoms with E-state index in [0.29, 0.717) is 12.5 Å². The second-order valence-electron chi connectivity index (χ2n) is 6.23. The molecule has 0 aliphatic heterocycles. The highest BCUT2D eigenvalue weighted by atomic mass is 16.4. The number of rotatable bonds is 5. The van der Waals surface area contributed by atoms with Gasteiger partial charge in [-0.1, -0.05) is 25.7 Å². The molecule has 0 spiro atoms. The minimum absolute atomic E-state index is 0.0819. The van der Waals surface area contributed by atoms with Crippen molar-refractivity contribution in [2.45, 2.75) is 51.4 Å². The van der Waals surface area contributed by atoms with Crippen LogP contribution in [0.2, 0.25) is 0 Å². The molecule has 5 heteroatoms. The van der Waals surface area contributed by atoms with Gasteiger partial charge in [-0.3, -0.25) is 4.79 Å². The Morgan fingerprint density at radius 1 is 0.900 bits per heavy atom. The van der Waals surface area contributed by atoms with Crippen LogP contribution in [0.4, 0.5) is 4.79 Å². The Morgan fingerprint density at radius 2 is 1.50 bits per heavy atom. The highest BCUT2D eigenvalue weighted by Gasteiger charge is 2.30. The normalized spacial score (nSPS) is 27.2. The molecule has 20 heavy (non-hydrogen) atoms. The van der Waals surface area contributed by atoms with E-state index in [4.69, 9.17) is 0 Å². The van der Waals surface area contributed by atoms with E-state index in [0.717, 1.165) is 32.2 Å². The van der Waals surface area contributed by atoms with E-state index in [1.54, 1.807) is 0 Å². The first-order chi connectivity index (χ1) is 9.66. The summed E-state index contributed by atoms with van der Waals surface area (Å²) in [5, 5.41) is 15.0. The number of carbonyl (C=O) groups is 2. The monoisotopic (exact) mass is 282 g/mol. The molecule has 2 saturated carbocycles. The lowest BCUT2D eigenvalue weighted by Gasteiger charge is -2.28. The summed E-state index contributed by atoms with van der Waals surface area (Å²) in [6, 6.07) is -0.147. The van der Waals surface area contributed by atoms with Gasteiger partial charge in [-0.25, -0.2) is 4.79 Å². The van der Waals surface area contributed by atoms with E-state index in [1.807, 2.05) is 0 Å². The van der Waals surface area contributed by atoms with Gasteiger partial charge < -0.3 is 15.7 Å². The predicted octanol–water partition coefficient (Wildman–Crippen LogP) is 2.37. The van der Waals surface area contributed by atoms with Gasteiger partial charge in [0.15, 0.2) is 0 Å². The van der Waals surface area contributed by atoms with Crippen LogP contribution in [-0.4, -0.2) is 30.2 Å². The topological polar surface area (TPSA) is 78.4 Å².